The zero-order chi connectivity index (χ0) is 16.2. The molecule has 0 fully saturated rings. The van der Waals surface area contributed by atoms with Crippen LogP contribution in [0.15, 0.2) is 6.20 Å². The van der Waals surface area contributed by atoms with Crippen molar-refractivity contribution in [3.63, 3.8) is 0 Å². The van der Waals surface area contributed by atoms with E-state index in [1.807, 2.05) is 0 Å². The van der Waals surface area contributed by atoms with Crippen molar-refractivity contribution in [2.45, 2.75) is 19.5 Å². The van der Waals surface area contributed by atoms with E-state index in [0.29, 0.717) is 12.1 Å². The van der Waals surface area contributed by atoms with Crippen molar-refractivity contribution >= 4 is 17.7 Å². The van der Waals surface area contributed by atoms with Gasteiger partial charge in [0, 0.05) is 13.2 Å². The molecule has 0 aliphatic carbocycles. The molecule has 1 aromatic heterocycles. The van der Waals surface area contributed by atoms with Gasteiger partial charge >= 0.3 is 18.2 Å². The van der Waals surface area contributed by atoms with Gasteiger partial charge in [0.1, 0.15) is 13.1 Å². The minimum Gasteiger partial charge on any atom is -0.480 e. The lowest BCUT2D eigenvalue weighted by Gasteiger charge is -2.22. The molecular weight excluding hydrogens is 293 g/mol. The molecule has 0 atom stereocenters. The standard InChI is InChI=1S/C11H15F3N4O3/c1-3-7-8(4-17(2)16-7)15-10(21)18(5-9(19)20)6-11(12,13)14/h4H,3,5-6H2,1-2H3,(H,15,21)(H,19,20). The van der Waals surface area contributed by atoms with E-state index in [2.05, 4.69) is 10.4 Å². The molecule has 1 rings (SSSR count). The number of rotatable bonds is 5. The number of hydrogen-bond acceptors (Lipinski definition) is 3. The number of carboxylic acids is 1. The van der Waals surface area contributed by atoms with Gasteiger partial charge in [0.25, 0.3) is 0 Å². The SMILES string of the molecule is CCc1nn(C)cc1NC(=O)N(CC(=O)O)CC(F)(F)F. The molecule has 0 aromatic carbocycles. The highest BCUT2D eigenvalue weighted by Crippen LogP contribution is 2.18. The third-order valence-corrected chi connectivity index (χ3v) is 2.47. The second-order valence-corrected chi connectivity index (χ2v) is 4.31. The molecule has 118 valence electrons. The Kier molecular flexibility index (Phi) is 5.17. The number of aliphatic carboxylic acids is 1. The summed E-state index contributed by atoms with van der Waals surface area (Å²) in [6.45, 7) is -0.928. The molecule has 7 nitrogen and oxygen atoms in total. The summed E-state index contributed by atoms with van der Waals surface area (Å²) in [6.07, 6.45) is -2.78. The molecule has 0 saturated heterocycles. The van der Waals surface area contributed by atoms with Gasteiger partial charge in [-0.1, -0.05) is 6.92 Å². The van der Waals surface area contributed by atoms with E-state index in [4.69, 9.17) is 5.11 Å². The van der Waals surface area contributed by atoms with Gasteiger partial charge in [0.05, 0.1) is 11.4 Å². The third kappa shape index (κ3) is 5.32. The molecular formula is C11H15F3N4O3. The third-order valence-electron chi connectivity index (χ3n) is 2.47. The number of anilines is 1. The highest BCUT2D eigenvalue weighted by molar-refractivity contribution is 5.91. The highest BCUT2D eigenvalue weighted by Gasteiger charge is 2.34. The largest absolute Gasteiger partial charge is 0.480 e. The molecule has 21 heavy (non-hydrogen) atoms. The van der Waals surface area contributed by atoms with E-state index in [1.54, 1.807) is 14.0 Å². The molecule has 0 radical (unpaired) electrons. The number of amides is 2. The Hall–Kier alpha value is -2.26. The fourth-order valence-electron chi connectivity index (χ4n) is 1.67. The Morgan fingerprint density at radius 2 is 2.10 bits per heavy atom. The smallest absolute Gasteiger partial charge is 0.406 e. The Labute approximate surface area is 118 Å². The molecule has 1 aromatic rings. The molecule has 1 heterocycles. The predicted octanol–water partition coefficient (Wildman–Crippen LogP) is 1.46. The Balaban J connectivity index is 2.87. The number of nitrogens with one attached hydrogen (secondary N) is 1. The molecule has 0 spiro atoms. The van der Waals surface area contributed by atoms with E-state index in [1.165, 1.54) is 10.9 Å². The first-order chi connectivity index (χ1) is 9.62. The van der Waals surface area contributed by atoms with Gasteiger partial charge in [0.2, 0.25) is 0 Å². The minimum absolute atomic E-state index is 0.175. The summed E-state index contributed by atoms with van der Waals surface area (Å²) in [4.78, 5) is 22.6. The number of urea groups is 1. The van der Waals surface area contributed by atoms with Gasteiger partial charge in [0.15, 0.2) is 0 Å². The van der Waals surface area contributed by atoms with Gasteiger partial charge in [-0.15, -0.1) is 0 Å². The second kappa shape index (κ2) is 6.46. The van der Waals surface area contributed by atoms with Crippen LogP contribution in [-0.4, -0.2) is 51.1 Å². The molecule has 0 unspecified atom stereocenters. The van der Waals surface area contributed by atoms with Crippen LogP contribution in [0.25, 0.3) is 0 Å². The molecule has 0 bridgehead atoms. The summed E-state index contributed by atoms with van der Waals surface area (Å²) in [6, 6.07) is -1.14. The van der Waals surface area contributed by atoms with E-state index >= 15 is 0 Å². The van der Waals surface area contributed by atoms with Crippen molar-refractivity contribution in [2.75, 3.05) is 18.4 Å². The topological polar surface area (TPSA) is 87.5 Å². The van der Waals surface area contributed by atoms with E-state index in [-0.39, 0.29) is 10.6 Å². The number of carbonyl (C=O) groups is 2. The maximum absolute atomic E-state index is 12.4. The van der Waals surface area contributed by atoms with Crippen LogP contribution in [0.2, 0.25) is 0 Å². The lowest BCUT2D eigenvalue weighted by molar-refractivity contribution is -0.148. The van der Waals surface area contributed by atoms with Crippen molar-refractivity contribution in [3.8, 4) is 0 Å². The van der Waals surface area contributed by atoms with Crippen molar-refractivity contribution in [3.05, 3.63) is 11.9 Å². The van der Waals surface area contributed by atoms with Crippen LogP contribution in [0.5, 0.6) is 0 Å². The maximum Gasteiger partial charge on any atom is 0.406 e. The first kappa shape index (κ1) is 16.8. The highest BCUT2D eigenvalue weighted by atomic mass is 19.4. The molecule has 0 saturated carbocycles. The number of alkyl halides is 3. The Morgan fingerprint density at radius 1 is 1.48 bits per heavy atom. The van der Waals surface area contributed by atoms with Crippen molar-refractivity contribution in [1.29, 1.82) is 0 Å². The molecule has 10 heteroatoms. The van der Waals surface area contributed by atoms with Crippen LogP contribution in [0.3, 0.4) is 0 Å². The lowest BCUT2D eigenvalue weighted by Crippen LogP contribution is -2.44. The number of carboxylic acid groups (broad SMARTS) is 1. The second-order valence-electron chi connectivity index (χ2n) is 4.31. The normalized spacial score (nSPS) is 11.3. The van der Waals surface area contributed by atoms with Crippen LogP contribution in [0.4, 0.5) is 23.7 Å². The fourth-order valence-corrected chi connectivity index (χ4v) is 1.67. The quantitative estimate of drug-likeness (QED) is 0.862. The first-order valence-electron chi connectivity index (χ1n) is 5.99. The molecule has 2 N–H and O–H groups in total. The van der Waals surface area contributed by atoms with Crippen molar-refractivity contribution < 1.29 is 27.9 Å². The zero-order valence-corrected chi connectivity index (χ0v) is 11.4. The number of nitrogens with zero attached hydrogens (tertiary/aromatic N) is 3. The average molecular weight is 308 g/mol. The van der Waals surface area contributed by atoms with Gasteiger partial charge in [-0.05, 0) is 6.42 Å². The van der Waals surface area contributed by atoms with Gasteiger partial charge in [-0.2, -0.15) is 18.3 Å². The van der Waals surface area contributed by atoms with Crippen molar-refractivity contribution in [1.82, 2.24) is 14.7 Å². The van der Waals surface area contributed by atoms with Gasteiger partial charge in [-0.3, -0.25) is 9.48 Å². The zero-order valence-electron chi connectivity index (χ0n) is 11.4. The van der Waals surface area contributed by atoms with Crippen LogP contribution in [0, 0.1) is 0 Å². The minimum atomic E-state index is -4.69. The van der Waals surface area contributed by atoms with E-state index in [0.717, 1.165) is 0 Å². The monoisotopic (exact) mass is 308 g/mol. The summed E-state index contributed by atoms with van der Waals surface area (Å²) in [5.41, 5.74) is 0.746. The Bertz CT molecular complexity index is 527. The van der Waals surface area contributed by atoms with E-state index < -0.39 is 31.3 Å². The first-order valence-corrected chi connectivity index (χ1v) is 5.99. The predicted molar refractivity (Wildman–Crippen MR) is 66.9 cm³/mol. The van der Waals surface area contributed by atoms with E-state index in [9.17, 15) is 22.8 Å². The summed E-state index contributed by atoms with van der Waals surface area (Å²) in [7, 11) is 1.60. The van der Waals surface area contributed by atoms with Gasteiger partial charge in [-0.25, -0.2) is 4.79 Å². The van der Waals surface area contributed by atoms with Crippen LogP contribution < -0.4 is 5.32 Å². The lowest BCUT2D eigenvalue weighted by atomic mass is 10.3. The molecule has 0 aliphatic rings. The summed E-state index contributed by atoms with van der Waals surface area (Å²) >= 11 is 0. The number of aromatic nitrogens is 2. The molecule has 2 amide bonds. The maximum atomic E-state index is 12.4. The average Bonchev–Trinajstić information content (AvgIpc) is 2.66. The van der Waals surface area contributed by atoms with Crippen LogP contribution in [0.1, 0.15) is 12.6 Å². The summed E-state index contributed by atoms with van der Waals surface area (Å²) in [5, 5.41) is 14.9. The summed E-state index contributed by atoms with van der Waals surface area (Å²) < 4.78 is 38.5. The van der Waals surface area contributed by atoms with Crippen LogP contribution in [-0.2, 0) is 18.3 Å². The number of hydrogen-bond donors (Lipinski definition) is 2. The number of halogens is 3. The fraction of sp³-hybridized carbons (Fsp3) is 0.545. The Morgan fingerprint density at radius 3 is 2.57 bits per heavy atom. The van der Waals surface area contributed by atoms with Crippen molar-refractivity contribution in [2.24, 2.45) is 7.05 Å². The number of carbonyl (C=O) groups excluding carboxylic acids is 1. The number of aryl methyl sites for hydroxylation is 2. The van der Waals surface area contributed by atoms with Gasteiger partial charge < -0.3 is 15.3 Å². The summed E-state index contributed by atoms with van der Waals surface area (Å²) in [5.74, 6) is -1.53. The van der Waals surface area contributed by atoms with Crippen LogP contribution >= 0.6 is 0 Å². The molecule has 0 aliphatic heterocycles.